The van der Waals surface area contributed by atoms with Gasteiger partial charge in [0, 0.05) is 10.9 Å². The molecule has 0 fully saturated rings. The van der Waals surface area contributed by atoms with Crippen molar-refractivity contribution < 1.29 is 9.47 Å². The van der Waals surface area contributed by atoms with E-state index in [2.05, 4.69) is 22.7 Å². The number of nitriles is 1. The molecule has 3 rings (SSSR count). The Hall–Kier alpha value is -3.63. The Morgan fingerprint density at radius 1 is 1.20 bits per heavy atom. The van der Waals surface area contributed by atoms with Crippen LogP contribution in [0.25, 0.3) is 11.3 Å². The van der Waals surface area contributed by atoms with Gasteiger partial charge < -0.3 is 9.47 Å². The van der Waals surface area contributed by atoms with Crippen molar-refractivity contribution in [3.8, 4) is 28.8 Å². The molecule has 1 heterocycles. The van der Waals surface area contributed by atoms with Crippen LogP contribution < -0.4 is 14.3 Å². The van der Waals surface area contributed by atoms with Crippen molar-refractivity contribution in [2.75, 3.05) is 20.8 Å². The number of rotatable bonds is 7. The third-order valence-corrected chi connectivity index (χ3v) is 5.07. The molecule has 0 saturated carbocycles. The molecule has 0 saturated heterocycles. The van der Waals surface area contributed by atoms with Gasteiger partial charge in [0.15, 0.2) is 0 Å². The predicted molar refractivity (Wildman–Crippen MR) is 120 cm³/mol. The van der Waals surface area contributed by atoms with Gasteiger partial charge in [0.2, 0.25) is 4.80 Å². The minimum atomic E-state index is 0.515. The van der Waals surface area contributed by atoms with Crippen molar-refractivity contribution in [1.29, 1.82) is 5.26 Å². The number of ether oxygens (including phenoxy) is 2. The number of benzene rings is 2. The van der Waals surface area contributed by atoms with Gasteiger partial charge in [0.1, 0.15) is 11.5 Å². The molecule has 0 spiro atoms. The highest BCUT2D eigenvalue weighted by Gasteiger charge is 2.14. The van der Waals surface area contributed by atoms with Crippen LogP contribution in [-0.4, -0.2) is 31.7 Å². The normalized spacial score (nSPS) is 11.5. The summed E-state index contributed by atoms with van der Waals surface area (Å²) < 4.78 is 12.7. The molecule has 0 amide bonds. The highest BCUT2D eigenvalue weighted by atomic mass is 32.1. The average Bonchev–Trinajstić information content (AvgIpc) is 3.18. The maximum Gasteiger partial charge on any atom is 0.206 e. The van der Waals surface area contributed by atoms with Gasteiger partial charge in [-0.25, -0.2) is 4.68 Å². The summed E-state index contributed by atoms with van der Waals surface area (Å²) in [5, 5.41) is 15.6. The fourth-order valence-electron chi connectivity index (χ4n) is 2.69. The second kappa shape index (κ2) is 9.72. The molecule has 3 aromatic rings. The predicted octanol–water partition coefficient (Wildman–Crippen LogP) is 4.46. The van der Waals surface area contributed by atoms with E-state index in [0.29, 0.717) is 17.9 Å². The van der Waals surface area contributed by atoms with E-state index in [1.54, 1.807) is 37.2 Å². The lowest BCUT2D eigenvalue weighted by Gasteiger charge is -2.11. The Balaban J connectivity index is 2.13. The molecule has 0 radical (unpaired) electrons. The smallest absolute Gasteiger partial charge is 0.206 e. The van der Waals surface area contributed by atoms with Gasteiger partial charge in [0.25, 0.3) is 0 Å². The molecule has 0 unspecified atom stereocenters. The molecule has 6 nitrogen and oxygen atoms in total. The second-order valence-corrected chi connectivity index (χ2v) is 7.37. The lowest BCUT2D eigenvalue weighted by molar-refractivity contribution is 0.404. The lowest BCUT2D eigenvalue weighted by atomic mass is 10.1. The van der Waals surface area contributed by atoms with E-state index in [1.807, 2.05) is 42.6 Å². The summed E-state index contributed by atoms with van der Waals surface area (Å²) in [6.07, 6.45) is 1.74. The molecular weight excluding hydrogens is 396 g/mol. The molecule has 0 aliphatic heterocycles. The zero-order chi connectivity index (χ0) is 21.5. The van der Waals surface area contributed by atoms with Crippen LogP contribution in [0.3, 0.4) is 0 Å². The van der Waals surface area contributed by atoms with E-state index in [1.165, 1.54) is 11.3 Å². The van der Waals surface area contributed by atoms with Crippen molar-refractivity contribution in [1.82, 2.24) is 4.68 Å². The number of hydrogen-bond donors (Lipinski definition) is 0. The zero-order valence-electron chi connectivity index (χ0n) is 17.1. The summed E-state index contributed by atoms with van der Waals surface area (Å²) in [7, 11) is 3.26. The fraction of sp³-hybridized carbons (Fsp3) is 0.174. The van der Waals surface area contributed by atoms with Crippen LogP contribution in [0.2, 0.25) is 0 Å². The molecular formula is C23H22N4O2S. The fourth-order valence-corrected chi connectivity index (χ4v) is 3.52. The Labute approximate surface area is 179 Å². The maximum absolute atomic E-state index is 8.98. The topological polar surface area (TPSA) is 71.9 Å². The van der Waals surface area contributed by atoms with Crippen LogP contribution in [0.5, 0.6) is 11.5 Å². The second-order valence-electron chi connectivity index (χ2n) is 6.53. The number of aromatic nitrogens is 1. The van der Waals surface area contributed by atoms with Crippen molar-refractivity contribution in [3.05, 3.63) is 75.9 Å². The summed E-state index contributed by atoms with van der Waals surface area (Å²) in [6, 6.07) is 15.0. The van der Waals surface area contributed by atoms with Gasteiger partial charge in [0.05, 0.1) is 44.3 Å². The molecule has 0 bridgehead atoms. The van der Waals surface area contributed by atoms with Crippen LogP contribution >= 0.6 is 11.3 Å². The van der Waals surface area contributed by atoms with Crippen LogP contribution in [0, 0.1) is 11.3 Å². The van der Waals surface area contributed by atoms with Crippen molar-refractivity contribution >= 4 is 17.6 Å². The quantitative estimate of drug-likeness (QED) is 0.420. The lowest BCUT2D eigenvalue weighted by Crippen LogP contribution is -2.13. The third-order valence-electron chi connectivity index (χ3n) is 4.21. The number of thiazole rings is 1. The number of nitrogens with zero attached hydrogens (tertiary/aromatic N) is 4. The average molecular weight is 419 g/mol. The van der Waals surface area contributed by atoms with Crippen LogP contribution in [-0.2, 0) is 0 Å². The van der Waals surface area contributed by atoms with Crippen LogP contribution in [0.15, 0.2) is 70.1 Å². The summed E-state index contributed by atoms with van der Waals surface area (Å²) >= 11 is 1.49. The van der Waals surface area contributed by atoms with E-state index in [0.717, 1.165) is 32.9 Å². The SMILES string of the molecule is C=C(C)CN=c1scc(-c2cc(OC)ccc2OC)n1N=Cc1ccc(C#N)cc1. The van der Waals surface area contributed by atoms with E-state index in [9.17, 15) is 0 Å². The molecule has 7 heteroatoms. The Morgan fingerprint density at radius 3 is 2.60 bits per heavy atom. The Morgan fingerprint density at radius 2 is 1.97 bits per heavy atom. The monoisotopic (exact) mass is 418 g/mol. The summed E-state index contributed by atoms with van der Waals surface area (Å²) in [4.78, 5) is 5.38. The van der Waals surface area contributed by atoms with E-state index in [4.69, 9.17) is 14.7 Å². The largest absolute Gasteiger partial charge is 0.497 e. The van der Waals surface area contributed by atoms with Gasteiger partial charge >= 0.3 is 0 Å². The zero-order valence-corrected chi connectivity index (χ0v) is 17.9. The van der Waals surface area contributed by atoms with Gasteiger partial charge in [-0.3, -0.25) is 4.99 Å². The van der Waals surface area contributed by atoms with Crippen molar-refractivity contribution in [2.24, 2.45) is 10.1 Å². The first-order valence-corrected chi connectivity index (χ1v) is 10.1. The first kappa shape index (κ1) is 21.1. The molecule has 0 N–H and O–H groups in total. The molecule has 30 heavy (non-hydrogen) atoms. The first-order chi connectivity index (χ1) is 14.5. The van der Waals surface area contributed by atoms with Gasteiger partial charge in [-0.1, -0.05) is 24.3 Å². The van der Waals surface area contributed by atoms with E-state index in [-0.39, 0.29) is 0 Å². The van der Waals surface area contributed by atoms with E-state index < -0.39 is 0 Å². The summed E-state index contributed by atoms with van der Waals surface area (Å²) in [5.74, 6) is 1.43. The van der Waals surface area contributed by atoms with Gasteiger partial charge in [-0.05, 0) is 42.8 Å². The minimum absolute atomic E-state index is 0.515. The van der Waals surface area contributed by atoms with E-state index >= 15 is 0 Å². The molecule has 1 aromatic heterocycles. The number of hydrogen-bond acceptors (Lipinski definition) is 6. The molecule has 152 valence electrons. The van der Waals surface area contributed by atoms with Gasteiger partial charge in [-0.15, -0.1) is 11.3 Å². The third kappa shape index (κ3) is 4.85. The minimum Gasteiger partial charge on any atom is -0.497 e. The summed E-state index contributed by atoms with van der Waals surface area (Å²) in [5.41, 5.74) is 4.13. The standard InChI is InChI=1S/C23H22N4O2S/c1-16(2)13-25-23-27(26-14-18-7-5-17(12-24)6-8-18)21(15-30-23)20-11-19(28-3)9-10-22(20)29-4/h5-11,14-15H,1,13H2,2-4H3. The summed E-state index contributed by atoms with van der Waals surface area (Å²) in [6.45, 7) is 6.38. The van der Waals surface area contributed by atoms with Gasteiger partial charge in [-0.2, -0.15) is 10.4 Å². The molecule has 2 aromatic carbocycles. The highest BCUT2D eigenvalue weighted by molar-refractivity contribution is 7.07. The van der Waals surface area contributed by atoms with Crippen LogP contribution in [0.4, 0.5) is 0 Å². The molecule has 0 aliphatic carbocycles. The maximum atomic E-state index is 8.98. The Kier molecular flexibility index (Phi) is 6.83. The number of methoxy groups -OCH3 is 2. The van der Waals surface area contributed by atoms with Crippen LogP contribution in [0.1, 0.15) is 18.1 Å². The first-order valence-electron chi connectivity index (χ1n) is 9.18. The molecule has 0 aliphatic rings. The highest BCUT2D eigenvalue weighted by Crippen LogP contribution is 2.33. The molecule has 0 atom stereocenters. The van der Waals surface area contributed by atoms with Crippen molar-refractivity contribution in [3.63, 3.8) is 0 Å². The van der Waals surface area contributed by atoms with Crippen molar-refractivity contribution in [2.45, 2.75) is 6.92 Å². The Bertz CT molecular complexity index is 1180.